The summed E-state index contributed by atoms with van der Waals surface area (Å²) in [5.74, 6) is -0.852. The van der Waals surface area contributed by atoms with Gasteiger partial charge in [0, 0.05) is 18.6 Å². The second-order valence-electron chi connectivity index (χ2n) is 6.42. The lowest BCUT2D eigenvalue weighted by Crippen LogP contribution is -2.35. The molecule has 0 aromatic heterocycles. The number of carbonyl (C=O) groups is 2. The predicted octanol–water partition coefficient (Wildman–Crippen LogP) is 3.13. The average molecular weight is 438 g/mol. The van der Waals surface area contributed by atoms with Gasteiger partial charge in [-0.3, -0.25) is 9.59 Å². The van der Waals surface area contributed by atoms with Crippen LogP contribution in [0.5, 0.6) is 0 Å². The molecule has 2 N–H and O–H groups in total. The van der Waals surface area contributed by atoms with E-state index in [4.69, 9.17) is 11.6 Å². The van der Waals surface area contributed by atoms with Crippen LogP contribution in [0.25, 0.3) is 0 Å². The lowest BCUT2D eigenvalue weighted by Gasteiger charge is -2.17. The highest BCUT2D eigenvalue weighted by Gasteiger charge is 2.23. The van der Waals surface area contributed by atoms with Gasteiger partial charge in [0.2, 0.25) is 15.9 Å². The van der Waals surface area contributed by atoms with Gasteiger partial charge in [-0.1, -0.05) is 37.1 Å². The number of unbranched alkanes of at least 4 members (excludes halogenated alkanes) is 1. The number of sulfonamides is 1. The first-order chi connectivity index (χ1) is 13.8. The molecule has 2 amide bonds. The topological polar surface area (TPSA) is 95.6 Å². The molecular weight excluding hydrogens is 414 g/mol. The second kappa shape index (κ2) is 10.4. The van der Waals surface area contributed by atoms with Crippen LogP contribution in [0.4, 0.5) is 5.69 Å². The molecule has 0 unspecified atom stereocenters. The highest BCUT2D eigenvalue weighted by Crippen LogP contribution is 2.18. The van der Waals surface area contributed by atoms with Crippen molar-refractivity contribution in [2.45, 2.75) is 24.7 Å². The van der Waals surface area contributed by atoms with E-state index >= 15 is 0 Å². The van der Waals surface area contributed by atoms with E-state index in [9.17, 15) is 18.0 Å². The van der Waals surface area contributed by atoms with Crippen molar-refractivity contribution >= 4 is 39.1 Å². The maximum absolute atomic E-state index is 12.6. The number of nitrogens with zero attached hydrogens (tertiary/aromatic N) is 1. The normalized spacial score (nSPS) is 11.3. The van der Waals surface area contributed by atoms with Crippen LogP contribution in [0.2, 0.25) is 5.02 Å². The molecule has 156 valence electrons. The third-order valence-electron chi connectivity index (χ3n) is 4.15. The van der Waals surface area contributed by atoms with Gasteiger partial charge in [0.15, 0.2) is 0 Å². The fourth-order valence-corrected chi connectivity index (χ4v) is 3.78. The summed E-state index contributed by atoms with van der Waals surface area (Å²) in [4.78, 5) is 24.8. The standard InChI is InChI=1S/C20H24ClN3O4S/c1-3-4-13-22-20(26)17-7-5-6-8-18(17)23-19(25)14-24(2)29(27,28)16-11-9-15(21)10-12-16/h5-12H,3-4,13-14H2,1-2H3,(H,22,26)(H,23,25). The van der Waals surface area contributed by atoms with Gasteiger partial charge in [-0.2, -0.15) is 4.31 Å². The van der Waals surface area contributed by atoms with Crippen LogP contribution in [0.1, 0.15) is 30.1 Å². The summed E-state index contributed by atoms with van der Waals surface area (Å²) in [7, 11) is -2.54. The van der Waals surface area contributed by atoms with E-state index in [0.717, 1.165) is 17.1 Å². The van der Waals surface area contributed by atoms with E-state index in [1.54, 1.807) is 24.3 Å². The Bertz CT molecular complexity index is 962. The van der Waals surface area contributed by atoms with Crippen LogP contribution in [0, 0.1) is 0 Å². The Morgan fingerprint density at radius 3 is 2.38 bits per heavy atom. The number of carbonyl (C=O) groups excluding carboxylic acids is 2. The van der Waals surface area contributed by atoms with Crippen LogP contribution in [0.3, 0.4) is 0 Å². The number of hydrogen-bond acceptors (Lipinski definition) is 4. The van der Waals surface area contributed by atoms with E-state index in [1.165, 1.54) is 31.3 Å². The highest BCUT2D eigenvalue weighted by molar-refractivity contribution is 7.89. The quantitative estimate of drug-likeness (QED) is 0.589. The van der Waals surface area contributed by atoms with E-state index < -0.39 is 22.5 Å². The molecule has 7 nitrogen and oxygen atoms in total. The van der Waals surface area contributed by atoms with Crippen molar-refractivity contribution in [3.8, 4) is 0 Å². The number of anilines is 1. The van der Waals surface area contributed by atoms with Crippen molar-refractivity contribution in [3.05, 3.63) is 59.1 Å². The highest BCUT2D eigenvalue weighted by atomic mass is 35.5. The monoisotopic (exact) mass is 437 g/mol. The van der Waals surface area contributed by atoms with Gasteiger partial charge in [-0.25, -0.2) is 8.42 Å². The van der Waals surface area contributed by atoms with Crippen LogP contribution in [0.15, 0.2) is 53.4 Å². The number of likely N-dealkylation sites (N-methyl/N-ethyl adjacent to an activating group) is 1. The minimum absolute atomic E-state index is 0.0351. The number of nitrogens with one attached hydrogen (secondary N) is 2. The number of benzene rings is 2. The molecule has 0 aliphatic heterocycles. The zero-order valence-corrected chi connectivity index (χ0v) is 17.9. The molecule has 0 atom stereocenters. The molecule has 2 rings (SSSR count). The molecule has 29 heavy (non-hydrogen) atoms. The smallest absolute Gasteiger partial charge is 0.253 e. The van der Waals surface area contributed by atoms with Gasteiger partial charge in [-0.05, 0) is 42.8 Å². The zero-order valence-electron chi connectivity index (χ0n) is 16.3. The first kappa shape index (κ1) is 22.9. The van der Waals surface area contributed by atoms with Gasteiger partial charge < -0.3 is 10.6 Å². The van der Waals surface area contributed by atoms with Crippen LogP contribution in [-0.4, -0.2) is 44.7 Å². The van der Waals surface area contributed by atoms with Gasteiger partial charge in [0.05, 0.1) is 22.7 Å². The molecule has 2 aromatic rings. The number of amides is 2. The molecule has 9 heteroatoms. The van der Waals surface area contributed by atoms with E-state index in [1.807, 2.05) is 6.92 Å². The second-order valence-corrected chi connectivity index (χ2v) is 8.90. The first-order valence-corrected chi connectivity index (χ1v) is 11.0. The van der Waals surface area contributed by atoms with Crippen molar-refractivity contribution < 1.29 is 18.0 Å². The molecule has 0 fully saturated rings. The molecular formula is C20H24ClN3O4S. The number of hydrogen-bond donors (Lipinski definition) is 2. The minimum Gasteiger partial charge on any atom is -0.352 e. The van der Waals surface area contributed by atoms with Crippen LogP contribution in [-0.2, 0) is 14.8 Å². The summed E-state index contributed by atoms with van der Waals surface area (Å²) in [6.07, 6.45) is 1.81. The Morgan fingerprint density at radius 2 is 1.72 bits per heavy atom. The molecule has 0 bridgehead atoms. The van der Waals surface area contributed by atoms with Gasteiger partial charge in [0.1, 0.15) is 0 Å². The summed E-state index contributed by atoms with van der Waals surface area (Å²) >= 11 is 5.79. The molecule has 0 heterocycles. The fourth-order valence-electron chi connectivity index (χ4n) is 2.53. The Kier molecular flexibility index (Phi) is 8.19. The van der Waals surface area contributed by atoms with Crippen molar-refractivity contribution in [1.29, 1.82) is 0 Å². The molecule has 0 saturated heterocycles. The number of rotatable bonds is 9. The maximum atomic E-state index is 12.6. The minimum atomic E-state index is -3.85. The van der Waals surface area contributed by atoms with Crippen molar-refractivity contribution in [2.24, 2.45) is 0 Å². The van der Waals surface area contributed by atoms with Gasteiger partial charge >= 0.3 is 0 Å². The summed E-state index contributed by atoms with van der Waals surface area (Å²) in [6, 6.07) is 12.3. The zero-order chi connectivity index (χ0) is 21.4. The van der Waals surface area contributed by atoms with Crippen LogP contribution >= 0.6 is 11.6 Å². The largest absolute Gasteiger partial charge is 0.352 e. The first-order valence-electron chi connectivity index (χ1n) is 9.14. The van der Waals surface area contributed by atoms with Crippen molar-refractivity contribution in [1.82, 2.24) is 9.62 Å². The summed E-state index contributed by atoms with van der Waals surface area (Å²) < 4.78 is 26.1. The average Bonchev–Trinajstić information content (AvgIpc) is 2.68. The molecule has 0 saturated carbocycles. The Labute approximate surface area is 176 Å². The predicted molar refractivity (Wildman–Crippen MR) is 114 cm³/mol. The molecule has 0 spiro atoms. The van der Waals surface area contributed by atoms with Crippen molar-refractivity contribution in [2.75, 3.05) is 25.5 Å². The fraction of sp³-hybridized carbons (Fsp3) is 0.300. The lowest BCUT2D eigenvalue weighted by molar-refractivity contribution is -0.116. The summed E-state index contributed by atoms with van der Waals surface area (Å²) in [6.45, 7) is 2.16. The number of para-hydroxylation sites is 1. The molecule has 0 radical (unpaired) electrons. The molecule has 0 aliphatic carbocycles. The van der Waals surface area contributed by atoms with Gasteiger partial charge in [-0.15, -0.1) is 0 Å². The van der Waals surface area contributed by atoms with E-state index in [-0.39, 0.29) is 10.8 Å². The molecule has 0 aliphatic rings. The van der Waals surface area contributed by atoms with E-state index in [2.05, 4.69) is 10.6 Å². The Morgan fingerprint density at radius 1 is 1.07 bits per heavy atom. The Balaban J connectivity index is 2.07. The van der Waals surface area contributed by atoms with Crippen LogP contribution < -0.4 is 10.6 Å². The summed E-state index contributed by atoms with van der Waals surface area (Å²) in [5.41, 5.74) is 0.643. The maximum Gasteiger partial charge on any atom is 0.253 e. The van der Waals surface area contributed by atoms with Gasteiger partial charge in [0.25, 0.3) is 5.91 Å². The van der Waals surface area contributed by atoms with E-state index in [0.29, 0.717) is 22.8 Å². The number of halogens is 1. The third-order valence-corrected chi connectivity index (χ3v) is 6.22. The molecule has 2 aromatic carbocycles. The lowest BCUT2D eigenvalue weighted by atomic mass is 10.1. The summed E-state index contributed by atoms with van der Waals surface area (Å²) in [5, 5.41) is 5.83. The Hall–Kier alpha value is -2.42. The third kappa shape index (κ3) is 6.28. The SMILES string of the molecule is CCCCNC(=O)c1ccccc1NC(=O)CN(C)S(=O)(=O)c1ccc(Cl)cc1. The van der Waals surface area contributed by atoms with Crippen molar-refractivity contribution in [3.63, 3.8) is 0 Å².